The van der Waals surface area contributed by atoms with Crippen LogP contribution in [0.4, 0.5) is 10.1 Å². The topological polar surface area (TPSA) is 82.1 Å². The van der Waals surface area contributed by atoms with Gasteiger partial charge in [-0.25, -0.2) is 9.02 Å². The third kappa shape index (κ3) is 2.49. The monoisotopic (exact) mass is 351 g/mol. The van der Waals surface area contributed by atoms with Crippen LogP contribution in [0.3, 0.4) is 0 Å². The fourth-order valence-electron chi connectivity index (χ4n) is 2.10. The van der Waals surface area contributed by atoms with Gasteiger partial charge in [0.1, 0.15) is 11.3 Å². The van der Waals surface area contributed by atoms with Gasteiger partial charge in [-0.15, -0.1) is 0 Å². The SMILES string of the molecule is O=[N+]([O-])c1c(Cc2ccc(Br)c(F)c2)ccc2nonc12. The van der Waals surface area contributed by atoms with Crippen LogP contribution >= 0.6 is 15.9 Å². The molecule has 1 aromatic heterocycles. The van der Waals surface area contributed by atoms with Crippen molar-refractivity contribution in [1.29, 1.82) is 0 Å². The molecule has 0 aliphatic rings. The molecule has 0 saturated carbocycles. The van der Waals surface area contributed by atoms with Crippen molar-refractivity contribution in [2.24, 2.45) is 0 Å². The molecule has 2 aromatic carbocycles. The lowest BCUT2D eigenvalue weighted by Gasteiger charge is -2.04. The quantitative estimate of drug-likeness (QED) is 0.531. The first-order valence-electron chi connectivity index (χ1n) is 5.88. The standard InChI is InChI=1S/C13H7BrFN3O3/c14-9-3-1-7(6-10(9)15)5-8-2-4-11-12(17-21-16-11)13(8)18(19)20/h1-4,6H,5H2. The Morgan fingerprint density at radius 1 is 1.29 bits per heavy atom. The molecule has 0 radical (unpaired) electrons. The van der Waals surface area contributed by atoms with Crippen LogP contribution in [-0.2, 0) is 6.42 Å². The van der Waals surface area contributed by atoms with Gasteiger partial charge in [0.05, 0.1) is 9.40 Å². The number of benzene rings is 2. The highest BCUT2D eigenvalue weighted by molar-refractivity contribution is 9.10. The van der Waals surface area contributed by atoms with Gasteiger partial charge in [-0.1, -0.05) is 6.07 Å². The van der Waals surface area contributed by atoms with Gasteiger partial charge in [-0.05, 0) is 56.1 Å². The number of halogens is 2. The van der Waals surface area contributed by atoms with Crippen LogP contribution in [0.5, 0.6) is 0 Å². The molecule has 3 aromatic rings. The Labute approximate surface area is 125 Å². The first-order chi connectivity index (χ1) is 10.1. The largest absolute Gasteiger partial charge is 0.304 e. The molecule has 0 aliphatic carbocycles. The van der Waals surface area contributed by atoms with Crippen molar-refractivity contribution in [2.45, 2.75) is 6.42 Å². The van der Waals surface area contributed by atoms with Crippen molar-refractivity contribution in [2.75, 3.05) is 0 Å². The van der Waals surface area contributed by atoms with Crippen LogP contribution in [0.25, 0.3) is 11.0 Å². The van der Waals surface area contributed by atoms with Gasteiger partial charge in [-0.2, -0.15) is 0 Å². The summed E-state index contributed by atoms with van der Waals surface area (Å²) in [6, 6.07) is 7.75. The number of nitrogens with zero attached hydrogens (tertiary/aromatic N) is 3. The second kappa shape index (κ2) is 5.21. The van der Waals surface area contributed by atoms with Gasteiger partial charge < -0.3 is 0 Å². The molecule has 106 valence electrons. The number of hydrogen-bond donors (Lipinski definition) is 0. The zero-order valence-electron chi connectivity index (χ0n) is 10.4. The number of hydrogen-bond acceptors (Lipinski definition) is 5. The van der Waals surface area contributed by atoms with Gasteiger partial charge >= 0.3 is 5.69 Å². The molecule has 1 heterocycles. The molecule has 0 saturated heterocycles. The lowest BCUT2D eigenvalue weighted by molar-refractivity contribution is -0.383. The van der Waals surface area contributed by atoms with E-state index in [9.17, 15) is 14.5 Å². The molecule has 0 fully saturated rings. The minimum atomic E-state index is -0.531. The first-order valence-corrected chi connectivity index (χ1v) is 6.68. The van der Waals surface area contributed by atoms with E-state index in [1.54, 1.807) is 24.3 Å². The molecular formula is C13H7BrFN3O3. The third-order valence-electron chi connectivity index (χ3n) is 3.05. The number of nitro benzene ring substituents is 1. The van der Waals surface area contributed by atoms with E-state index in [-0.39, 0.29) is 17.6 Å². The molecule has 0 unspecified atom stereocenters. The molecule has 6 nitrogen and oxygen atoms in total. The minimum absolute atomic E-state index is 0.0927. The average molecular weight is 352 g/mol. The molecule has 0 atom stereocenters. The Kier molecular flexibility index (Phi) is 3.38. The summed E-state index contributed by atoms with van der Waals surface area (Å²) >= 11 is 3.07. The Morgan fingerprint density at radius 3 is 2.81 bits per heavy atom. The summed E-state index contributed by atoms with van der Waals surface area (Å²) in [7, 11) is 0. The summed E-state index contributed by atoms with van der Waals surface area (Å²) in [6.07, 6.45) is 0.212. The van der Waals surface area contributed by atoms with E-state index in [1.165, 1.54) is 6.07 Å². The van der Waals surface area contributed by atoms with E-state index in [0.717, 1.165) is 0 Å². The van der Waals surface area contributed by atoms with E-state index in [0.29, 0.717) is 21.1 Å². The Balaban J connectivity index is 2.09. The Hall–Kier alpha value is -2.35. The predicted octanol–water partition coefficient (Wildman–Crippen LogP) is 3.62. The van der Waals surface area contributed by atoms with Crippen molar-refractivity contribution < 1.29 is 13.9 Å². The van der Waals surface area contributed by atoms with Crippen LogP contribution in [0.1, 0.15) is 11.1 Å². The second-order valence-corrected chi connectivity index (χ2v) is 5.24. The molecule has 0 amide bonds. The average Bonchev–Trinajstić information content (AvgIpc) is 2.90. The number of nitro groups is 1. The molecule has 21 heavy (non-hydrogen) atoms. The normalized spacial score (nSPS) is 11.0. The lowest BCUT2D eigenvalue weighted by Crippen LogP contribution is -1.98. The summed E-state index contributed by atoms with van der Waals surface area (Å²) in [5, 5.41) is 18.4. The zero-order chi connectivity index (χ0) is 15.0. The van der Waals surface area contributed by atoms with Crippen LogP contribution in [0.2, 0.25) is 0 Å². The molecule has 3 rings (SSSR count). The molecule has 8 heteroatoms. The maximum atomic E-state index is 13.5. The maximum absolute atomic E-state index is 13.5. The summed E-state index contributed by atoms with van der Waals surface area (Å²) in [6.45, 7) is 0. The summed E-state index contributed by atoms with van der Waals surface area (Å²) in [4.78, 5) is 10.7. The summed E-state index contributed by atoms with van der Waals surface area (Å²) in [5.74, 6) is -0.417. The minimum Gasteiger partial charge on any atom is -0.258 e. The van der Waals surface area contributed by atoms with Crippen molar-refractivity contribution in [1.82, 2.24) is 10.3 Å². The van der Waals surface area contributed by atoms with Gasteiger partial charge in [0.2, 0.25) is 5.52 Å². The van der Waals surface area contributed by atoms with Gasteiger partial charge in [0, 0.05) is 12.0 Å². The summed E-state index contributed by atoms with van der Waals surface area (Å²) in [5.41, 5.74) is 1.28. The second-order valence-electron chi connectivity index (χ2n) is 4.39. The fraction of sp³-hybridized carbons (Fsp3) is 0.0769. The van der Waals surface area contributed by atoms with Gasteiger partial charge in [0.25, 0.3) is 0 Å². The van der Waals surface area contributed by atoms with Crippen molar-refractivity contribution >= 4 is 32.7 Å². The molecule has 0 aliphatic heterocycles. The number of aromatic nitrogens is 2. The Morgan fingerprint density at radius 2 is 2.10 bits per heavy atom. The van der Waals surface area contributed by atoms with Crippen LogP contribution < -0.4 is 0 Å². The lowest BCUT2D eigenvalue weighted by atomic mass is 10.0. The smallest absolute Gasteiger partial charge is 0.258 e. The molecule has 0 N–H and O–H groups in total. The highest BCUT2D eigenvalue weighted by atomic mass is 79.9. The fourth-order valence-corrected chi connectivity index (χ4v) is 2.34. The van der Waals surface area contributed by atoms with E-state index in [2.05, 4.69) is 30.9 Å². The zero-order valence-corrected chi connectivity index (χ0v) is 12.0. The maximum Gasteiger partial charge on any atom is 0.304 e. The molecule has 0 bridgehead atoms. The number of rotatable bonds is 3. The first kappa shape index (κ1) is 13.6. The van der Waals surface area contributed by atoms with Crippen molar-refractivity contribution in [3.05, 3.63) is 61.9 Å². The van der Waals surface area contributed by atoms with E-state index in [1.807, 2.05) is 0 Å². The van der Waals surface area contributed by atoms with E-state index in [4.69, 9.17) is 0 Å². The highest BCUT2D eigenvalue weighted by Crippen LogP contribution is 2.29. The van der Waals surface area contributed by atoms with Crippen molar-refractivity contribution in [3.63, 3.8) is 0 Å². The third-order valence-corrected chi connectivity index (χ3v) is 3.69. The number of fused-ring (bicyclic) bond motifs is 1. The molecule has 0 spiro atoms. The Bertz CT molecular complexity index is 850. The summed E-state index contributed by atoms with van der Waals surface area (Å²) < 4.78 is 18.4. The highest BCUT2D eigenvalue weighted by Gasteiger charge is 2.22. The van der Waals surface area contributed by atoms with Crippen LogP contribution in [0.15, 0.2) is 39.4 Å². The van der Waals surface area contributed by atoms with Gasteiger partial charge in [0.15, 0.2) is 0 Å². The van der Waals surface area contributed by atoms with Crippen LogP contribution in [0, 0.1) is 15.9 Å². The molecular weight excluding hydrogens is 345 g/mol. The van der Waals surface area contributed by atoms with Gasteiger partial charge in [-0.3, -0.25) is 10.1 Å². The van der Waals surface area contributed by atoms with Crippen LogP contribution in [-0.4, -0.2) is 15.2 Å². The van der Waals surface area contributed by atoms with E-state index >= 15 is 0 Å². The van der Waals surface area contributed by atoms with E-state index < -0.39 is 10.7 Å². The predicted molar refractivity (Wildman–Crippen MR) is 75.4 cm³/mol. The van der Waals surface area contributed by atoms with Crippen molar-refractivity contribution in [3.8, 4) is 0 Å².